The van der Waals surface area contributed by atoms with E-state index < -0.39 is 0 Å². The number of rotatable bonds is 14. The molecule has 3 heteroatoms. The minimum Gasteiger partial charge on any atom is -0.413 e. The molecule has 128 valence electrons. The Labute approximate surface area is 135 Å². The summed E-state index contributed by atoms with van der Waals surface area (Å²) in [5.74, 6) is 0.812. The average molecular weight is 309 g/mol. The number of aromatic nitrogens is 1. The molecular formula is C19H35NO2. The van der Waals surface area contributed by atoms with Crippen molar-refractivity contribution >= 4 is 0 Å². The smallest absolute Gasteiger partial charge is 0.413 e. The van der Waals surface area contributed by atoms with Gasteiger partial charge in [0.05, 0.1) is 0 Å². The average Bonchev–Trinajstić information content (AvgIpc) is 2.95. The van der Waals surface area contributed by atoms with Gasteiger partial charge in [0.1, 0.15) is 5.76 Å². The van der Waals surface area contributed by atoms with Crippen molar-refractivity contribution < 1.29 is 4.42 Å². The number of hydrogen-bond donors (Lipinski definition) is 1. The van der Waals surface area contributed by atoms with Crippen LogP contribution in [0.2, 0.25) is 0 Å². The van der Waals surface area contributed by atoms with Crippen LogP contribution in [0.4, 0.5) is 0 Å². The summed E-state index contributed by atoms with van der Waals surface area (Å²) >= 11 is 0. The molecule has 0 aromatic carbocycles. The van der Waals surface area contributed by atoms with Crippen LogP contribution >= 0.6 is 0 Å². The SMILES string of the molecule is CCCCCCCCCCCCCCC(C)c1c[nH]c(=O)o1. The Bertz CT molecular complexity index is 408. The molecule has 0 aliphatic carbocycles. The summed E-state index contributed by atoms with van der Waals surface area (Å²) < 4.78 is 5.09. The van der Waals surface area contributed by atoms with Gasteiger partial charge < -0.3 is 4.42 Å². The first kappa shape index (κ1) is 19.1. The van der Waals surface area contributed by atoms with Crippen LogP contribution in [0.15, 0.2) is 15.4 Å². The normalized spacial score (nSPS) is 12.6. The summed E-state index contributed by atoms with van der Waals surface area (Å²) in [4.78, 5) is 13.5. The molecule has 1 N–H and O–H groups in total. The van der Waals surface area contributed by atoms with Gasteiger partial charge in [0.2, 0.25) is 0 Å². The van der Waals surface area contributed by atoms with Crippen LogP contribution in [0.25, 0.3) is 0 Å². The standard InChI is InChI=1S/C19H35NO2/c1-3-4-5-6-7-8-9-10-11-12-13-14-15-17(2)18-16-20-19(21)22-18/h16-17H,3-15H2,1-2H3,(H,20,21). The van der Waals surface area contributed by atoms with Gasteiger partial charge in [-0.05, 0) is 6.42 Å². The Morgan fingerprint density at radius 2 is 1.41 bits per heavy atom. The lowest BCUT2D eigenvalue weighted by Crippen LogP contribution is -1.95. The summed E-state index contributed by atoms with van der Waals surface area (Å²) in [6, 6.07) is 0. The van der Waals surface area contributed by atoms with Gasteiger partial charge in [-0.25, -0.2) is 4.79 Å². The van der Waals surface area contributed by atoms with Crippen molar-refractivity contribution in [1.82, 2.24) is 4.98 Å². The van der Waals surface area contributed by atoms with Crippen LogP contribution < -0.4 is 5.76 Å². The first-order valence-corrected chi connectivity index (χ1v) is 9.42. The molecule has 1 unspecified atom stereocenters. The van der Waals surface area contributed by atoms with Crippen molar-refractivity contribution in [2.45, 2.75) is 103 Å². The molecule has 0 bridgehead atoms. The highest BCUT2D eigenvalue weighted by Crippen LogP contribution is 2.21. The van der Waals surface area contributed by atoms with Crippen molar-refractivity contribution in [2.24, 2.45) is 0 Å². The fourth-order valence-electron chi connectivity index (χ4n) is 2.97. The molecule has 0 fully saturated rings. The van der Waals surface area contributed by atoms with Crippen molar-refractivity contribution in [3.8, 4) is 0 Å². The van der Waals surface area contributed by atoms with Gasteiger partial charge >= 0.3 is 5.76 Å². The summed E-state index contributed by atoms with van der Waals surface area (Å²) in [6.45, 7) is 4.40. The number of unbranched alkanes of at least 4 members (excludes halogenated alkanes) is 11. The van der Waals surface area contributed by atoms with Crippen LogP contribution in [-0.2, 0) is 0 Å². The van der Waals surface area contributed by atoms with Gasteiger partial charge in [0, 0.05) is 12.1 Å². The molecule has 0 saturated carbocycles. The minimum atomic E-state index is -0.337. The maximum atomic E-state index is 10.9. The zero-order chi connectivity index (χ0) is 16.0. The lowest BCUT2D eigenvalue weighted by atomic mass is 10.00. The Kier molecular flexibility index (Phi) is 10.9. The Balaban J connectivity index is 1.84. The molecule has 1 atom stereocenters. The van der Waals surface area contributed by atoms with E-state index in [1.54, 1.807) is 6.20 Å². The molecule has 0 aliphatic heterocycles. The highest BCUT2D eigenvalue weighted by molar-refractivity contribution is 4.96. The first-order chi connectivity index (χ1) is 10.7. The molecule has 1 aromatic rings. The largest absolute Gasteiger partial charge is 0.416 e. The zero-order valence-electron chi connectivity index (χ0n) is 14.7. The zero-order valence-corrected chi connectivity index (χ0v) is 14.7. The number of aromatic amines is 1. The van der Waals surface area contributed by atoms with Crippen molar-refractivity contribution in [1.29, 1.82) is 0 Å². The number of H-pyrrole nitrogens is 1. The lowest BCUT2D eigenvalue weighted by molar-refractivity contribution is 0.423. The molecule has 1 heterocycles. The van der Waals surface area contributed by atoms with Crippen LogP contribution in [0.5, 0.6) is 0 Å². The third-order valence-corrected chi connectivity index (χ3v) is 4.52. The van der Waals surface area contributed by atoms with E-state index >= 15 is 0 Å². The second-order valence-corrected chi connectivity index (χ2v) is 6.66. The van der Waals surface area contributed by atoms with E-state index in [0.717, 1.165) is 12.2 Å². The summed E-state index contributed by atoms with van der Waals surface area (Å²) in [7, 11) is 0. The Morgan fingerprint density at radius 3 is 1.86 bits per heavy atom. The van der Waals surface area contributed by atoms with Crippen molar-refractivity contribution in [2.75, 3.05) is 0 Å². The quantitative estimate of drug-likeness (QED) is 0.418. The maximum absolute atomic E-state index is 10.9. The van der Waals surface area contributed by atoms with Crippen LogP contribution in [0.3, 0.4) is 0 Å². The summed E-state index contributed by atoms with van der Waals surface area (Å²) in [5, 5.41) is 0. The van der Waals surface area contributed by atoms with Crippen molar-refractivity contribution in [3.63, 3.8) is 0 Å². The fraction of sp³-hybridized carbons (Fsp3) is 0.842. The van der Waals surface area contributed by atoms with E-state index in [1.165, 1.54) is 77.0 Å². The minimum absolute atomic E-state index is 0.337. The molecule has 1 rings (SSSR count). The summed E-state index contributed by atoms with van der Waals surface area (Å²) in [6.07, 6.45) is 19.3. The molecule has 22 heavy (non-hydrogen) atoms. The molecule has 0 spiro atoms. The van der Waals surface area contributed by atoms with Gasteiger partial charge in [-0.15, -0.1) is 0 Å². The van der Waals surface area contributed by atoms with Gasteiger partial charge in [0.15, 0.2) is 0 Å². The molecule has 0 radical (unpaired) electrons. The van der Waals surface area contributed by atoms with E-state index in [1.807, 2.05) is 0 Å². The molecule has 1 aromatic heterocycles. The molecule has 3 nitrogen and oxygen atoms in total. The van der Waals surface area contributed by atoms with E-state index in [0.29, 0.717) is 5.92 Å². The van der Waals surface area contributed by atoms with Gasteiger partial charge in [-0.2, -0.15) is 0 Å². The van der Waals surface area contributed by atoms with Gasteiger partial charge in [0.25, 0.3) is 0 Å². The van der Waals surface area contributed by atoms with Crippen LogP contribution in [-0.4, -0.2) is 4.98 Å². The third kappa shape index (κ3) is 9.11. The molecule has 0 saturated heterocycles. The number of hydrogen-bond acceptors (Lipinski definition) is 2. The highest BCUT2D eigenvalue weighted by Gasteiger charge is 2.09. The topological polar surface area (TPSA) is 46.0 Å². The molecule has 0 amide bonds. The van der Waals surface area contributed by atoms with E-state index in [2.05, 4.69) is 18.8 Å². The second kappa shape index (κ2) is 12.5. The Morgan fingerprint density at radius 1 is 0.909 bits per heavy atom. The van der Waals surface area contributed by atoms with Crippen molar-refractivity contribution in [3.05, 3.63) is 22.5 Å². The monoisotopic (exact) mass is 309 g/mol. The second-order valence-electron chi connectivity index (χ2n) is 6.66. The van der Waals surface area contributed by atoms with Gasteiger partial charge in [-0.1, -0.05) is 90.9 Å². The first-order valence-electron chi connectivity index (χ1n) is 9.42. The van der Waals surface area contributed by atoms with Gasteiger partial charge in [-0.3, -0.25) is 4.98 Å². The molecule has 0 aliphatic rings. The predicted octanol–water partition coefficient (Wildman–Crippen LogP) is 6.16. The number of nitrogens with one attached hydrogen (secondary N) is 1. The molecular weight excluding hydrogens is 274 g/mol. The summed E-state index contributed by atoms with van der Waals surface area (Å²) in [5.41, 5.74) is 0. The Hall–Kier alpha value is -0.990. The van der Waals surface area contributed by atoms with E-state index in [4.69, 9.17) is 4.42 Å². The lowest BCUT2D eigenvalue weighted by Gasteiger charge is -2.07. The highest BCUT2D eigenvalue weighted by atomic mass is 16.4. The van der Waals surface area contributed by atoms with Crippen LogP contribution in [0, 0.1) is 0 Å². The van der Waals surface area contributed by atoms with E-state index in [-0.39, 0.29) is 5.76 Å². The fourth-order valence-corrected chi connectivity index (χ4v) is 2.97. The maximum Gasteiger partial charge on any atom is 0.416 e. The third-order valence-electron chi connectivity index (χ3n) is 4.52. The van der Waals surface area contributed by atoms with Crippen LogP contribution in [0.1, 0.15) is 109 Å². The number of oxazole rings is 1. The van der Waals surface area contributed by atoms with E-state index in [9.17, 15) is 4.79 Å². The predicted molar refractivity (Wildman–Crippen MR) is 93.4 cm³/mol.